The molecule has 3 aromatic heterocycles. The number of nitrogens with zero attached hydrogens (tertiary/aromatic N) is 3. The number of para-hydroxylation sites is 2. The summed E-state index contributed by atoms with van der Waals surface area (Å²) in [5.41, 5.74) is 7.73. The molecule has 0 saturated heterocycles. The lowest BCUT2D eigenvalue weighted by atomic mass is 9.96. The first-order valence-corrected chi connectivity index (χ1v) is 14.0. The van der Waals surface area contributed by atoms with Crippen molar-refractivity contribution in [2.75, 3.05) is 0 Å². The molecule has 0 unspecified atom stereocenters. The first-order valence-electron chi connectivity index (χ1n) is 12.8. The molecule has 0 aliphatic carbocycles. The molecule has 0 aliphatic rings. The predicted molar refractivity (Wildman–Crippen MR) is 165 cm³/mol. The van der Waals surface area contributed by atoms with Gasteiger partial charge in [0.2, 0.25) is 5.28 Å². The summed E-state index contributed by atoms with van der Waals surface area (Å²) in [5, 5.41) is 4.94. The normalized spacial score (nSPS) is 11.7. The van der Waals surface area contributed by atoms with E-state index in [0.717, 1.165) is 38.1 Å². The van der Waals surface area contributed by atoms with Crippen LogP contribution in [0.2, 0.25) is 5.28 Å². The maximum absolute atomic E-state index is 6.44. The number of fused-ring (bicyclic) bond motifs is 6. The van der Waals surface area contributed by atoms with Gasteiger partial charge in [-0.05, 0) is 59.1 Å². The highest BCUT2D eigenvalue weighted by Gasteiger charge is 2.18. The molecule has 0 atom stereocenters. The quantitative estimate of drug-likeness (QED) is 0.210. The monoisotopic (exact) mass is 537 g/mol. The fourth-order valence-corrected chi connectivity index (χ4v) is 7.05. The molecule has 0 spiro atoms. The van der Waals surface area contributed by atoms with E-state index in [2.05, 4.69) is 131 Å². The van der Waals surface area contributed by atoms with Crippen molar-refractivity contribution < 1.29 is 0 Å². The summed E-state index contributed by atoms with van der Waals surface area (Å²) in [4.78, 5) is 10.2. The lowest BCUT2D eigenvalue weighted by molar-refractivity contribution is 1.18. The summed E-state index contributed by atoms with van der Waals surface area (Å²) in [6.07, 6.45) is 0. The molecule has 0 fully saturated rings. The van der Waals surface area contributed by atoms with Gasteiger partial charge >= 0.3 is 0 Å². The van der Waals surface area contributed by atoms with Crippen LogP contribution in [0.3, 0.4) is 0 Å². The average molecular weight is 538 g/mol. The Kier molecular flexibility index (Phi) is 5.05. The summed E-state index contributed by atoms with van der Waals surface area (Å²) in [6.45, 7) is 0. The molecular weight excluding hydrogens is 518 g/mol. The van der Waals surface area contributed by atoms with Crippen molar-refractivity contribution in [2.45, 2.75) is 0 Å². The standard InChI is InChI=1S/C34H20ClN3S/c35-34-36-32(31-26-15-5-7-19-29(26)39-33(31)37-34)22-11-8-10-21(20-22)24-16-9-18-28-30(24)25-14-4-6-17-27(25)38(28)23-12-2-1-3-13-23/h1-20H. The van der Waals surface area contributed by atoms with Crippen LogP contribution in [0.1, 0.15) is 0 Å². The van der Waals surface area contributed by atoms with Crippen LogP contribution >= 0.6 is 22.9 Å². The molecular formula is C34H20ClN3S. The number of halogens is 1. The summed E-state index contributed by atoms with van der Waals surface area (Å²) in [6, 6.07) is 42.8. The van der Waals surface area contributed by atoms with Crippen LogP contribution < -0.4 is 0 Å². The van der Waals surface area contributed by atoms with Crippen LogP contribution in [0.5, 0.6) is 0 Å². The van der Waals surface area contributed by atoms with Crippen molar-refractivity contribution in [1.29, 1.82) is 0 Å². The van der Waals surface area contributed by atoms with E-state index < -0.39 is 0 Å². The number of thiophene rings is 1. The van der Waals surface area contributed by atoms with Crippen molar-refractivity contribution >= 4 is 65.0 Å². The van der Waals surface area contributed by atoms with Gasteiger partial charge in [-0.2, -0.15) is 0 Å². The molecule has 184 valence electrons. The van der Waals surface area contributed by atoms with Crippen LogP contribution in [0.25, 0.3) is 70.2 Å². The second kappa shape index (κ2) is 8.77. The van der Waals surface area contributed by atoms with E-state index >= 15 is 0 Å². The molecule has 0 N–H and O–H groups in total. The van der Waals surface area contributed by atoms with E-state index in [-0.39, 0.29) is 5.28 Å². The number of hydrogen-bond donors (Lipinski definition) is 0. The van der Waals surface area contributed by atoms with E-state index in [1.165, 1.54) is 32.1 Å². The number of rotatable bonds is 3. The summed E-state index contributed by atoms with van der Waals surface area (Å²) in [5.74, 6) is 0. The minimum Gasteiger partial charge on any atom is -0.309 e. The number of benzene rings is 5. The van der Waals surface area contributed by atoms with Crippen LogP contribution in [-0.4, -0.2) is 14.5 Å². The number of aromatic nitrogens is 3. The van der Waals surface area contributed by atoms with Gasteiger partial charge in [0.05, 0.1) is 16.7 Å². The van der Waals surface area contributed by atoms with Crippen molar-refractivity contribution in [1.82, 2.24) is 14.5 Å². The summed E-state index contributed by atoms with van der Waals surface area (Å²) >= 11 is 8.10. The molecule has 0 saturated carbocycles. The smallest absolute Gasteiger partial charge is 0.224 e. The molecule has 0 aliphatic heterocycles. The Labute approximate surface area is 233 Å². The third-order valence-electron chi connectivity index (χ3n) is 7.37. The van der Waals surface area contributed by atoms with Gasteiger partial charge < -0.3 is 4.57 Å². The van der Waals surface area contributed by atoms with Crippen LogP contribution in [0.15, 0.2) is 121 Å². The van der Waals surface area contributed by atoms with Crippen molar-refractivity contribution in [2.24, 2.45) is 0 Å². The number of hydrogen-bond acceptors (Lipinski definition) is 3. The van der Waals surface area contributed by atoms with E-state index in [0.29, 0.717) is 0 Å². The van der Waals surface area contributed by atoms with Gasteiger partial charge in [-0.15, -0.1) is 11.3 Å². The fourth-order valence-electron chi connectivity index (χ4n) is 5.76. The molecule has 8 aromatic rings. The van der Waals surface area contributed by atoms with E-state index in [9.17, 15) is 0 Å². The van der Waals surface area contributed by atoms with Crippen molar-refractivity contribution in [3.63, 3.8) is 0 Å². The third kappa shape index (κ3) is 3.49. The Hall–Kier alpha value is -4.51. The first kappa shape index (κ1) is 22.5. The van der Waals surface area contributed by atoms with Crippen LogP contribution in [0.4, 0.5) is 0 Å². The fraction of sp³-hybridized carbons (Fsp3) is 0. The van der Waals surface area contributed by atoms with Gasteiger partial charge in [0.1, 0.15) is 4.83 Å². The van der Waals surface area contributed by atoms with Gasteiger partial charge in [0.25, 0.3) is 0 Å². The topological polar surface area (TPSA) is 30.7 Å². The molecule has 8 rings (SSSR count). The Bertz CT molecular complexity index is 2190. The molecule has 5 heteroatoms. The zero-order chi connectivity index (χ0) is 25.9. The Morgan fingerprint density at radius 2 is 1.31 bits per heavy atom. The van der Waals surface area contributed by atoms with Gasteiger partial charge in [0.15, 0.2) is 0 Å². The SMILES string of the molecule is Clc1nc(-c2cccc(-c3cccc4c3c3ccccc3n4-c3ccccc3)c2)c2c(n1)sc1ccccc12. The summed E-state index contributed by atoms with van der Waals surface area (Å²) in [7, 11) is 0. The molecule has 0 amide bonds. The zero-order valence-electron chi connectivity index (χ0n) is 20.7. The average Bonchev–Trinajstić information content (AvgIpc) is 3.53. The maximum Gasteiger partial charge on any atom is 0.224 e. The Morgan fingerprint density at radius 3 is 2.21 bits per heavy atom. The maximum atomic E-state index is 6.44. The second-order valence-electron chi connectivity index (χ2n) is 9.59. The van der Waals surface area contributed by atoms with Crippen molar-refractivity contribution in [3.05, 3.63) is 127 Å². The third-order valence-corrected chi connectivity index (χ3v) is 8.60. The molecule has 3 heterocycles. The predicted octanol–water partition coefficient (Wildman–Crippen LogP) is 9.93. The Balaban J connectivity index is 1.40. The van der Waals surface area contributed by atoms with Gasteiger partial charge in [0, 0.05) is 37.5 Å². The van der Waals surface area contributed by atoms with Gasteiger partial charge in [-0.25, -0.2) is 9.97 Å². The second-order valence-corrected chi connectivity index (χ2v) is 11.0. The highest BCUT2D eigenvalue weighted by Crippen LogP contribution is 2.42. The van der Waals surface area contributed by atoms with Crippen LogP contribution in [-0.2, 0) is 0 Å². The van der Waals surface area contributed by atoms with Crippen LogP contribution in [0, 0.1) is 0 Å². The first-order chi connectivity index (χ1) is 19.3. The minimum absolute atomic E-state index is 0.266. The van der Waals surface area contributed by atoms with Gasteiger partial charge in [-0.1, -0.05) is 84.9 Å². The van der Waals surface area contributed by atoms with Gasteiger partial charge in [-0.3, -0.25) is 0 Å². The molecule has 3 nitrogen and oxygen atoms in total. The Morgan fingerprint density at radius 1 is 0.590 bits per heavy atom. The van der Waals surface area contributed by atoms with E-state index in [4.69, 9.17) is 16.6 Å². The summed E-state index contributed by atoms with van der Waals surface area (Å²) < 4.78 is 3.53. The van der Waals surface area contributed by atoms with Crippen molar-refractivity contribution in [3.8, 4) is 28.1 Å². The molecule has 5 aromatic carbocycles. The molecule has 0 bridgehead atoms. The highest BCUT2D eigenvalue weighted by atomic mass is 35.5. The van der Waals surface area contributed by atoms with E-state index in [1.807, 2.05) is 0 Å². The zero-order valence-corrected chi connectivity index (χ0v) is 22.2. The largest absolute Gasteiger partial charge is 0.309 e. The highest BCUT2D eigenvalue weighted by molar-refractivity contribution is 7.25. The lowest BCUT2D eigenvalue weighted by Crippen LogP contribution is -1.93. The van der Waals surface area contributed by atoms with E-state index in [1.54, 1.807) is 11.3 Å². The molecule has 0 radical (unpaired) electrons. The lowest BCUT2D eigenvalue weighted by Gasteiger charge is -2.10. The minimum atomic E-state index is 0.266. The molecule has 39 heavy (non-hydrogen) atoms.